The third kappa shape index (κ3) is 3.22. The molecule has 7 heteroatoms. The van der Waals surface area contributed by atoms with E-state index in [0.29, 0.717) is 18.7 Å². The van der Waals surface area contributed by atoms with E-state index in [1.807, 2.05) is 66.6 Å². The average Bonchev–Trinajstić information content (AvgIpc) is 3.40. The number of benzene rings is 2. The highest BCUT2D eigenvalue weighted by Gasteiger charge is 2.28. The van der Waals surface area contributed by atoms with Crippen molar-refractivity contribution in [1.29, 1.82) is 0 Å². The fraction of sp³-hybridized carbons (Fsp3) is 0.261. The Morgan fingerprint density at radius 3 is 2.60 bits per heavy atom. The van der Waals surface area contributed by atoms with E-state index >= 15 is 0 Å². The summed E-state index contributed by atoms with van der Waals surface area (Å²) in [6.45, 7) is 3.30. The fourth-order valence-corrected chi connectivity index (χ4v) is 4.23. The number of likely N-dealkylation sites (tertiary alicyclic amines) is 1. The first-order valence-corrected chi connectivity index (χ1v) is 10.2. The SMILES string of the molecule is Cc1ccc(-n2c(C3CCN(C(=O)c4ccc5cc[nH]c5c4)CC3)n[nH]c2=O)cc1. The van der Waals surface area contributed by atoms with Crippen LogP contribution in [-0.2, 0) is 0 Å². The van der Waals surface area contributed by atoms with Crippen molar-refractivity contribution < 1.29 is 4.79 Å². The van der Waals surface area contributed by atoms with Crippen molar-refractivity contribution in [3.8, 4) is 5.69 Å². The van der Waals surface area contributed by atoms with Crippen LogP contribution in [0.15, 0.2) is 59.5 Å². The van der Waals surface area contributed by atoms with Crippen molar-refractivity contribution in [2.45, 2.75) is 25.7 Å². The van der Waals surface area contributed by atoms with Gasteiger partial charge in [0.25, 0.3) is 5.91 Å². The van der Waals surface area contributed by atoms with E-state index in [-0.39, 0.29) is 17.5 Å². The maximum Gasteiger partial charge on any atom is 0.347 e. The van der Waals surface area contributed by atoms with Crippen LogP contribution in [0.4, 0.5) is 0 Å². The summed E-state index contributed by atoms with van der Waals surface area (Å²) in [5.74, 6) is 0.909. The number of hydrogen-bond acceptors (Lipinski definition) is 3. The molecule has 152 valence electrons. The molecule has 2 aromatic heterocycles. The van der Waals surface area contributed by atoms with Crippen molar-refractivity contribution in [1.82, 2.24) is 24.6 Å². The van der Waals surface area contributed by atoms with Gasteiger partial charge in [0.05, 0.1) is 5.69 Å². The Balaban J connectivity index is 1.33. The van der Waals surface area contributed by atoms with Crippen molar-refractivity contribution >= 4 is 16.8 Å². The summed E-state index contributed by atoms with van der Waals surface area (Å²) in [7, 11) is 0. The maximum atomic E-state index is 13.0. The van der Waals surface area contributed by atoms with Gasteiger partial charge >= 0.3 is 5.69 Å². The van der Waals surface area contributed by atoms with Gasteiger partial charge in [-0.2, -0.15) is 5.10 Å². The van der Waals surface area contributed by atoms with E-state index in [0.717, 1.165) is 40.8 Å². The van der Waals surface area contributed by atoms with Crippen LogP contribution in [0.2, 0.25) is 0 Å². The molecule has 4 aromatic rings. The summed E-state index contributed by atoms with van der Waals surface area (Å²) in [6.07, 6.45) is 3.42. The van der Waals surface area contributed by atoms with Crippen LogP contribution in [0.25, 0.3) is 16.6 Å². The van der Waals surface area contributed by atoms with Gasteiger partial charge in [-0.1, -0.05) is 23.8 Å². The molecule has 2 aromatic carbocycles. The molecule has 1 amide bonds. The van der Waals surface area contributed by atoms with Gasteiger partial charge in [0.15, 0.2) is 0 Å². The summed E-state index contributed by atoms with van der Waals surface area (Å²) in [5.41, 5.74) is 3.38. The lowest BCUT2D eigenvalue weighted by Crippen LogP contribution is -2.38. The lowest BCUT2D eigenvalue weighted by atomic mass is 9.95. The Morgan fingerprint density at radius 2 is 1.83 bits per heavy atom. The normalized spacial score (nSPS) is 15.0. The van der Waals surface area contributed by atoms with Gasteiger partial charge in [-0.05, 0) is 55.5 Å². The third-order valence-corrected chi connectivity index (χ3v) is 5.94. The van der Waals surface area contributed by atoms with E-state index in [4.69, 9.17) is 0 Å². The van der Waals surface area contributed by atoms with Gasteiger partial charge in [-0.3, -0.25) is 4.79 Å². The largest absolute Gasteiger partial charge is 0.361 e. The molecule has 0 saturated carbocycles. The zero-order valence-electron chi connectivity index (χ0n) is 16.8. The van der Waals surface area contributed by atoms with Crippen molar-refractivity contribution in [3.05, 3.63) is 82.2 Å². The third-order valence-electron chi connectivity index (χ3n) is 5.94. The standard InChI is InChI=1S/C23H23N5O2/c1-15-2-6-19(7-3-15)28-21(25-26-23(28)30)17-9-12-27(13-10-17)22(29)18-5-4-16-8-11-24-20(16)14-18/h2-8,11,14,17,24H,9-10,12-13H2,1H3,(H,26,30). The quantitative estimate of drug-likeness (QED) is 0.552. The Kier molecular flexibility index (Phi) is 4.50. The number of aromatic nitrogens is 4. The zero-order chi connectivity index (χ0) is 20.7. The highest BCUT2D eigenvalue weighted by Crippen LogP contribution is 2.28. The number of nitrogens with one attached hydrogen (secondary N) is 2. The molecule has 3 heterocycles. The fourth-order valence-electron chi connectivity index (χ4n) is 4.23. The number of hydrogen-bond donors (Lipinski definition) is 2. The van der Waals surface area contributed by atoms with Crippen LogP contribution in [0.5, 0.6) is 0 Å². The van der Waals surface area contributed by atoms with Gasteiger partial charge in [0.2, 0.25) is 0 Å². The number of aryl methyl sites for hydroxylation is 1. The van der Waals surface area contributed by atoms with Crippen LogP contribution in [-0.4, -0.2) is 43.6 Å². The topological polar surface area (TPSA) is 86.8 Å². The molecule has 1 saturated heterocycles. The zero-order valence-corrected chi connectivity index (χ0v) is 16.8. The number of rotatable bonds is 3. The predicted octanol–water partition coefficient (Wildman–Crippen LogP) is 3.37. The van der Waals surface area contributed by atoms with Gasteiger partial charge < -0.3 is 9.88 Å². The number of fused-ring (bicyclic) bond motifs is 1. The van der Waals surface area contributed by atoms with Crippen molar-refractivity contribution in [2.24, 2.45) is 0 Å². The summed E-state index contributed by atoms with van der Waals surface area (Å²) in [6, 6.07) is 15.6. The minimum Gasteiger partial charge on any atom is -0.361 e. The number of H-pyrrole nitrogens is 2. The highest BCUT2D eigenvalue weighted by atomic mass is 16.2. The molecule has 0 bridgehead atoms. The van der Waals surface area contributed by atoms with E-state index < -0.39 is 0 Å². The van der Waals surface area contributed by atoms with Crippen molar-refractivity contribution in [3.63, 3.8) is 0 Å². The Hall–Kier alpha value is -3.61. The van der Waals surface area contributed by atoms with Crippen LogP contribution in [0.3, 0.4) is 0 Å². The average molecular weight is 401 g/mol. The second-order valence-corrected chi connectivity index (χ2v) is 7.90. The van der Waals surface area contributed by atoms with E-state index in [9.17, 15) is 9.59 Å². The monoisotopic (exact) mass is 401 g/mol. The summed E-state index contributed by atoms with van der Waals surface area (Å²) < 4.78 is 1.65. The Bertz CT molecular complexity index is 1260. The van der Waals surface area contributed by atoms with Gasteiger partial charge in [-0.15, -0.1) is 0 Å². The molecule has 1 fully saturated rings. The summed E-state index contributed by atoms with van der Waals surface area (Å²) in [5, 5.41) is 8.00. The Labute approximate surface area is 173 Å². The number of aromatic amines is 2. The maximum absolute atomic E-state index is 13.0. The molecule has 1 aliphatic heterocycles. The molecular formula is C23H23N5O2. The molecule has 0 unspecified atom stereocenters. The first-order chi connectivity index (χ1) is 14.6. The predicted molar refractivity (Wildman–Crippen MR) is 115 cm³/mol. The van der Waals surface area contributed by atoms with E-state index in [2.05, 4.69) is 15.2 Å². The molecule has 0 aliphatic carbocycles. The van der Waals surface area contributed by atoms with Gasteiger partial charge in [0.1, 0.15) is 5.82 Å². The molecule has 0 radical (unpaired) electrons. The number of nitrogens with zero attached hydrogens (tertiary/aromatic N) is 3. The molecule has 0 spiro atoms. The van der Waals surface area contributed by atoms with E-state index in [1.54, 1.807) is 4.57 Å². The number of piperidine rings is 1. The van der Waals surface area contributed by atoms with E-state index in [1.165, 1.54) is 0 Å². The summed E-state index contributed by atoms with van der Waals surface area (Å²) in [4.78, 5) is 30.4. The van der Waals surface area contributed by atoms with Crippen molar-refractivity contribution in [2.75, 3.05) is 13.1 Å². The molecular weight excluding hydrogens is 378 g/mol. The van der Waals surface area contributed by atoms with Crippen LogP contribution < -0.4 is 5.69 Å². The highest BCUT2D eigenvalue weighted by molar-refractivity contribution is 5.98. The minimum absolute atomic E-state index is 0.0444. The second kappa shape index (κ2) is 7.33. The molecule has 0 atom stereocenters. The first kappa shape index (κ1) is 18.4. The smallest absolute Gasteiger partial charge is 0.347 e. The molecule has 1 aliphatic rings. The van der Waals surface area contributed by atoms with Crippen LogP contribution in [0, 0.1) is 6.92 Å². The lowest BCUT2D eigenvalue weighted by Gasteiger charge is -2.31. The lowest BCUT2D eigenvalue weighted by molar-refractivity contribution is 0.0711. The number of amides is 1. The second-order valence-electron chi connectivity index (χ2n) is 7.90. The first-order valence-electron chi connectivity index (χ1n) is 10.2. The van der Waals surface area contributed by atoms with Crippen LogP contribution in [0.1, 0.15) is 40.5 Å². The Morgan fingerprint density at radius 1 is 1.07 bits per heavy atom. The number of carbonyl (C=O) groups is 1. The molecule has 7 nitrogen and oxygen atoms in total. The summed E-state index contributed by atoms with van der Waals surface area (Å²) >= 11 is 0. The molecule has 2 N–H and O–H groups in total. The molecule has 30 heavy (non-hydrogen) atoms. The number of carbonyl (C=O) groups excluding carboxylic acids is 1. The molecule has 5 rings (SSSR count). The minimum atomic E-state index is -0.230. The van der Waals surface area contributed by atoms with Gasteiger partial charge in [-0.25, -0.2) is 14.5 Å². The van der Waals surface area contributed by atoms with Gasteiger partial charge in [0, 0.05) is 36.3 Å². The van der Waals surface area contributed by atoms with Crippen LogP contribution >= 0.6 is 0 Å².